The molecule has 0 radical (unpaired) electrons. The average Bonchev–Trinajstić information content (AvgIpc) is 2.42. The molecule has 5 nitrogen and oxygen atoms in total. The fourth-order valence-electron chi connectivity index (χ4n) is 1.97. The van der Waals surface area contributed by atoms with E-state index in [-0.39, 0.29) is 11.3 Å². The van der Waals surface area contributed by atoms with Crippen LogP contribution < -0.4 is 0 Å². The monoisotopic (exact) mass is 274 g/mol. The van der Waals surface area contributed by atoms with Crippen LogP contribution in [0.4, 0.5) is 5.69 Å². The number of hydrogen-bond donors (Lipinski definition) is 0. The standard InChI is InChI=1S/C15H18N2O3/c1-4-5-6-7-8-12-9-11(2)13(15(18)16-3)10-14(12)17(19)20/h5-6,9-10H,3-4,7-8H2,1-2H3. The van der Waals surface area contributed by atoms with Crippen molar-refractivity contribution in [1.82, 2.24) is 0 Å². The summed E-state index contributed by atoms with van der Waals surface area (Å²) in [6.07, 6.45) is 6.28. The summed E-state index contributed by atoms with van der Waals surface area (Å²) in [5.41, 5.74) is 1.52. The molecule has 0 aliphatic heterocycles. The van der Waals surface area contributed by atoms with Crippen LogP contribution in [0.2, 0.25) is 0 Å². The molecule has 0 atom stereocenters. The Balaban J connectivity index is 3.14. The molecule has 1 amide bonds. The van der Waals surface area contributed by atoms with Gasteiger partial charge in [-0.05, 0) is 44.5 Å². The Labute approximate surface area is 118 Å². The Morgan fingerprint density at radius 1 is 1.45 bits per heavy atom. The molecular weight excluding hydrogens is 256 g/mol. The van der Waals surface area contributed by atoms with Crippen LogP contribution >= 0.6 is 0 Å². The van der Waals surface area contributed by atoms with Crippen molar-refractivity contribution in [1.29, 1.82) is 0 Å². The van der Waals surface area contributed by atoms with Gasteiger partial charge in [-0.3, -0.25) is 14.9 Å². The van der Waals surface area contributed by atoms with E-state index in [2.05, 4.69) is 11.7 Å². The van der Waals surface area contributed by atoms with Crippen LogP contribution in [0.3, 0.4) is 0 Å². The van der Waals surface area contributed by atoms with Gasteiger partial charge in [-0.1, -0.05) is 19.1 Å². The van der Waals surface area contributed by atoms with Gasteiger partial charge >= 0.3 is 0 Å². The lowest BCUT2D eigenvalue weighted by Crippen LogP contribution is -2.03. The first-order valence-electron chi connectivity index (χ1n) is 6.45. The van der Waals surface area contributed by atoms with Crippen LogP contribution in [0.1, 0.15) is 41.3 Å². The molecule has 0 spiro atoms. The second kappa shape index (κ2) is 7.33. The maximum absolute atomic E-state index is 11.6. The molecule has 0 bridgehead atoms. The fraction of sp³-hybridized carbons (Fsp3) is 0.333. The molecule has 106 valence electrons. The van der Waals surface area contributed by atoms with Crippen LogP contribution in [0.15, 0.2) is 29.3 Å². The van der Waals surface area contributed by atoms with E-state index in [0.29, 0.717) is 17.5 Å². The Bertz CT molecular complexity index is 562. The maximum Gasteiger partial charge on any atom is 0.276 e. The van der Waals surface area contributed by atoms with Crippen molar-refractivity contribution in [3.8, 4) is 0 Å². The van der Waals surface area contributed by atoms with Gasteiger partial charge in [0.2, 0.25) is 0 Å². The van der Waals surface area contributed by atoms with Crippen molar-refractivity contribution in [2.75, 3.05) is 0 Å². The lowest BCUT2D eigenvalue weighted by atomic mass is 9.99. The number of nitro benzene ring substituents is 1. The average molecular weight is 274 g/mol. The van der Waals surface area contributed by atoms with Crippen LogP contribution in [0, 0.1) is 17.0 Å². The quantitative estimate of drug-likeness (QED) is 0.344. The van der Waals surface area contributed by atoms with Crippen LogP contribution in [-0.4, -0.2) is 17.5 Å². The highest BCUT2D eigenvalue weighted by molar-refractivity contribution is 5.99. The van der Waals surface area contributed by atoms with Gasteiger partial charge in [0.05, 0.1) is 10.5 Å². The van der Waals surface area contributed by atoms with Crippen molar-refractivity contribution in [3.63, 3.8) is 0 Å². The first kappa shape index (κ1) is 15.8. The molecule has 0 N–H and O–H groups in total. The Morgan fingerprint density at radius 2 is 2.15 bits per heavy atom. The second-order valence-electron chi connectivity index (χ2n) is 4.43. The molecule has 0 aliphatic carbocycles. The molecule has 0 unspecified atom stereocenters. The van der Waals surface area contributed by atoms with E-state index in [9.17, 15) is 14.9 Å². The summed E-state index contributed by atoms with van der Waals surface area (Å²) in [6.45, 7) is 6.94. The number of aryl methyl sites for hydroxylation is 2. The summed E-state index contributed by atoms with van der Waals surface area (Å²) in [5.74, 6) is -0.539. The van der Waals surface area contributed by atoms with Gasteiger partial charge in [-0.15, -0.1) is 0 Å². The zero-order chi connectivity index (χ0) is 15.1. The summed E-state index contributed by atoms with van der Waals surface area (Å²) in [5, 5.41) is 11.1. The van der Waals surface area contributed by atoms with Gasteiger partial charge in [0.1, 0.15) is 0 Å². The second-order valence-corrected chi connectivity index (χ2v) is 4.43. The van der Waals surface area contributed by atoms with Crippen LogP contribution in [0.5, 0.6) is 0 Å². The highest BCUT2D eigenvalue weighted by Crippen LogP contribution is 2.25. The van der Waals surface area contributed by atoms with Gasteiger partial charge < -0.3 is 0 Å². The zero-order valence-electron chi connectivity index (χ0n) is 11.8. The topological polar surface area (TPSA) is 72.6 Å². The number of hydrogen-bond acceptors (Lipinski definition) is 3. The molecule has 20 heavy (non-hydrogen) atoms. The Kier molecular flexibility index (Phi) is 5.77. The van der Waals surface area contributed by atoms with Gasteiger partial charge in [-0.2, -0.15) is 0 Å². The first-order valence-corrected chi connectivity index (χ1v) is 6.45. The van der Waals surface area contributed by atoms with Gasteiger partial charge in [0, 0.05) is 11.6 Å². The lowest BCUT2D eigenvalue weighted by molar-refractivity contribution is -0.385. The van der Waals surface area contributed by atoms with Crippen molar-refractivity contribution in [3.05, 3.63) is 51.1 Å². The minimum Gasteiger partial charge on any atom is -0.267 e. The fourth-order valence-corrected chi connectivity index (χ4v) is 1.97. The Hall–Kier alpha value is -2.30. The summed E-state index contributed by atoms with van der Waals surface area (Å²) in [4.78, 5) is 25.5. The zero-order valence-corrected chi connectivity index (χ0v) is 11.8. The number of allylic oxidation sites excluding steroid dienone is 2. The summed E-state index contributed by atoms with van der Waals surface area (Å²) >= 11 is 0. The number of carbonyl (C=O) groups is 1. The molecule has 1 rings (SSSR count). The van der Waals surface area contributed by atoms with Gasteiger partial charge in [0.15, 0.2) is 0 Å². The smallest absolute Gasteiger partial charge is 0.267 e. The third-order valence-corrected chi connectivity index (χ3v) is 2.98. The van der Waals surface area contributed by atoms with Crippen LogP contribution in [-0.2, 0) is 6.42 Å². The lowest BCUT2D eigenvalue weighted by Gasteiger charge is -2.06. The molecule has 0 aromatic heterocycles. The van der Waals surface area contributed by atoms with Gasteiger partial charge in [-0.25, -0.2) is 4.99 Å². The number of nitrogens with zero attached hydrogens (tertiary/aromatic N) is 2. The largest absolute Gasteiger partial charge is 0.276 e. The molecule has 0 heterocycles. The number of amides is 1. The summed E-state index contributed by atoms with van der Waals surface area (Å²) in [7, 11) is 0. The number of nitro groups is 1. The summed E-state index contributed by atoms with van der Waals surface area (Å²) in [6, 6.07) is 2.99. The minimum absolute atomic E-state index is 0.0347. The van der Waals surface area contributed by atoms with Crippen molar-refractivity contribution >= 4 is 18.3 Å². The van der Waals surface area contributed by atoms with Crippen molar-refractivity contribution in [2.24, 2.45) is 4.99 Å². The molecule has 1 aromatic carbocycles. The normalized spacial score (nSPS) is 10.7. The third kappa shape index (κ3) is 3.85. The molecule has 0 saturated carbocycles. The highest BCUT2D eigenvalue weighted by Gasteiger charge is 2.19. The predicted molar refractivity (Wildman–Crippen MR) is 79.5 cm³/mol. The van der Waals surface area contributed by atoms with E-state index in [1.807, 2.05) is 19.1 Å². The Morgan fingerprint density at radius 3 is 2.70 bits per heavy atom. The maximum atomic E-state index is 11.6. The van der Waals surface area contributed by atoms with E-state index in [1.54, 1.807) is 13.0 Å². The van der Waals surface area contributed by atoms with E-state index in [0.717, 1.165) is 12.8 Å². The predicted octanol–water partition coefficient (Wildman–Crippen LogP) is 3.64. The third-order valence-electron chi connectivity index (χ3n) is 2.98. The van der Waals surface area contributed by atoms with Crippen molar-refractivity contribution in [2.45, 2.75) is 33.1 Å². The molecular formula is C15H18N2O3. The molecule has 0 fully saturated rings. The summed E-state index contributed by atoms with van der Waals surface area (Å²) < 4.78 is 0. The molecule has 0 aliphatic rings. The van der Waals surface area contributed by atoms with Crippen molar-refractivity contribution < 1.29 is 9.72 Å². The minimum atomic E-state index is -0.539. The van der Waals surface area contributed by atoms with E-state index in [4.69, 9.17) is 0 Å². The molecule has 0 saturated heterocycles. The number of carbonyl (C=O) groups excluding carboxylic acids is 1. The van der Waals surface area contributed by atoms with E-state index in [1.165, 1.54) is 6.07 Å². The van der Waals surface area contributed by atoms with Gasteiger partial charge in [0.25, 0.3) is 11.6 Å². The van der Waals surface area contributed by atoms with E-state index >= 15 is 0 Å². The van der Waals surface area contributed by atoms with E-state index < -0.39 is 10.8 Å². The molecule has 5 heteroatoms. The van der Waals surface area contributed by atoms with Crippen LogP contribution in [0.25, 0.3) is 0 Å². The SMILES string of the molecule is C=NC(=O)c1cc([N+](=O)[O-])c(CCC=CCC)cc1C. The number of rotatable bonds is 6. The number of benzene rings is 1. The first-order chi connectivity index (χ1) is 9.51. The highest BCUT2D eigenvalue weighted by atomic mass is 16.6. The molecule has 1 aromatic rings. The number of aliphatic imine (C=N–C) groups is 1.